The molecule has 26 heavy (non-hydrogen) atoms. The summed E-state index contributed by atoms with van der Waals surface area (Å²) in [4.78, 5) is 13.7. The Hall–Kier alpha value is -2.45. The lowest BCUT2D eigenvalue weighted by Gasteiger charge is -2.18. The van der Waals surface area contributed by atoms with E-state index in [9.17, 15) is 17.6 Å². The summed E-state index contributed by atoms with van der Waals surface area (Å²) in [6.07, 6.45) is 0.00119. The molecule has 0 spiro atoms. The second-order valence-electron chi connectivity index (χ2n) is 5.68. The fraction of sp³-hybridized carbons (Fsp3) is 0.278. The van der Waals surface area contributed by atoms with Crippen molar-refractivity contribution in [3.05, 3.63) is 59.9 Å². The SMILES string of the molecule is COc1ccc(CN(C)C(=O)CCNS(=O)(=O)c2ccccc2)cc1F. The van der Waals surface area contributed by atoms with E-state index in [1.165, 1.54) is 36.3 Å². The lowest BCUT2D eigenvalue weighted by atomic mass is 10.2. The maximum atomic E-state index is 13.7. The molecule has 2 aromatic rings. The number of ether oxygens (including phenoxy) is 1. The van der Waals surface area contributed by atoms with E-state index in [-0.39, 0.29) is 36.1 Å². The first-order valence-corrected chi connectivity index (χ1v) is 9.43. The third kappa shape index (κ3) is 5.27. The van der Waals surface area contributed by atoms with E-state index < -0.39 is 15.8 Å². The molecule has 1 amide bonds. The monoisotopic (exact) mass is 380 g/mol. The summed E-state index contributed by atoms with van der Waals surface area (Å²) in [5, 5.41) is 0. The fourth-order valence-corrected chi connectivity index (χ4v) is 3.39. The number of amides is 1. The number of hydrogen-bond donors (Lipinski definition) is 1. The number of nitrogens with one attached hydrogen (secondary N) is 1. The predicted octanol–water partition coefficient (Wildman–Crippen LogP) is 2.16. The van der Waals surface area contributed by atoms with E-state index in [4.69, 9.17) is 4.74 Å². The van der Waals surface area contributed by atoms with Crippen LogP contribution >= 0.6 is 0 Å². The van der Waals surface area contributed by atoms with E-state index in [0.29, 0.717) is 5.56 Å². The molecule has 8 heteroatoms. The number of benzene rings is 2. The van der Waals surface area contributed by atoms with E-state index in [2.05, 4.69) is 4.72 Å². The van der Waals surface area contributed by atoms with Crippen molar-refractivity contribution in [2.45, 2.75) is 17.9 Å². The fourth-order valence-electron chi connectivity index (χ4n) is 2.34. The van der Waals surface area contributed by atoms with Crippen molar-refractivity contribution >= 4 is 15.9 Å². The molecule has 0 atom stereocenters. The quantitative estimate of drug-likeness (QED) is 0.762. The number of sulfonamides is 1. The molecule has 2 aromatic carbocycles. The van der Waals surface area contributed by atoms with Gasteiger partial charge in [-0.1, -0.05) is 24.3 Å². The molecule has 140 valence electrons. The highest BCUT2D eigenvalue weighted by molar-refractivity contribution is 7.89. The Morgan fingerprint density at radius 3 is 2.50 bits per heavy atom. The summed E-state index contributed by atoms with van der Waals surface area (Å²) in [6.45, 7) is 0.197. The number of nitrogens with zero attached hydrogens (tertiary/aromatic N) is 1. The van der Waals surface area contributed by atoms with Crippen LogP contribution in [-0.2, 0) is 21.4 Å². The molecule has 0 fully saturated rings. The highest BCUT2D eigenvalue weighted by atomic mass is 32.2. The minimum Gasteiger partial charge on any atom is -0.494 e. The van der Waals surface area contributed by atoms with Gasteiger partial charge in [0.2, 0.25) is 15.9 Å². The van der Waals surface area contributed by atoms with E-state index >= 15 is 0 Å². The smallest absolute Gasteiger partial charge is 0.240 e. The van der Waals surface area contributed by atoms with Crippen molar-refractivity contribution in [1.29, 1.82) is 0 Å². The third-order valence-corrected chi connectivity index (χ3v) is 5.22. The zero-order valence-electron chi connectivity index (χ0n) is 14.6. The summed E-state index contributed by atoms with van der Waals surface area (Å²) in [7, 11) is -0.679. The Kier molecular flexibility index (Phi) is 6.70. The van der Waals surface area contributed by atoms with E-state index in [1.54, 1.807) is 31.3 Å². The first-order chi connectivity index (χ1) is 12.3. The lowest BCUT2D eigenvalue weighted by molar-refractivity contribution is -0.130. The van der Waals surface area contributed by atoms with Crippen LogP contribution in [0.2, 0.25) is 0 Å². The number of methoxy groups -OCH3 is 1. The first-order valence-electron chi connectivity index (χ1n) is 7.94. The molecule has 6 nitrogen and oxygen atoms in total. The van der Waals surface area contributed by atoms with Gasteiger partial charge in [-0.15, -0.1) is 0 Å². The summed E-state index contributed by atoms with van der Waals surface area (Å²) < 4.78 is 45.1. The number of rotatable bonds is 8. The highest BCUT2D eigenvalue weighted by Crippen LogP contribution is 2.18. The summed E-state index contributed by atoms with van der Waals surface area (Å²) >= 11 is 0. The number of carbonyl (C=O) groups excluding carboxylic acids is 1. The topological polar surface area (TPSA) is 75.7 Å². The number of hydrogen-bond acceptors (Lipinski definition) is 4. The standard InChI is InChI=1S/C18H21FN2O4S/c1-21(13-14-8-9-17(25-2)16(19)12-14)18(22)10-11-20-26(23,24)15-6-4-3-5-7-15/h3-9,12,20H,10-11,13H2,1-2H3. The van der Waals surface area contributed by atoms with Crippen molar-refractivity contribution in [2.75, 3.05) is 20.7 Å². The normalized spacial score (nSPS) is 11.2. The van der Waals surface area contributed by atoms with Crippen LogP contribution in [0, 0.1) is 5.82 Å². The third-order valence-electron chi connectivity index (χ3n) is 3.75. The maximum absolute atomic E-state index is 13.7. The zero-order valence-corrected chi connectivity index (χ0v) is 15.4. The number of carbonyl (C=O) groups is 1. The average molecular weight is 380 g/mol. The van der Waals surface area contributed by atoms with Crippen molar-refractivity contribution in [1.82, 2.24) is 9.62 Å². The molecular formula is C18H21FN2O4S. The highest BCUT2D eigenvalue weighted by Gasteiger charge is 2.15. The predicted molar refractivity (Wildman–Crippen MR) is 95.7 cm³/mol. The maximum Gasteiger partial charge on any atom is 0.240 e. The van der Waals surface area contributed by atoms with Gasteiger partial charge in [-0.3, -0.25) is 4.79 Å². The second-order valence-corrected chi connectivity index (χ2v) is 7.45. The van der Waals surface area contributed by atoms with Crippen LogP contribution in [0.1, 0.15) is 12.0 Å². The van der Waals surface area contributed by atoms with Gasteiger partial charge in [0.15, 0.2) is 11.6 Å². The van der Waals surface area contributed by atoms with Crippen LogP contribution in [0.15, 0.2) is 53.4 Å². The van der Waals surface area contributed by atoms with Crippen LogP contribution in [-0.4, -0.2) is 39.9 Å². The van der Waals surface area contributed by atoms with E-state index in [0.717, 1.165) is 0 Å². The Balaban J connectivity index is 1.86. The Morgan fingerprint density at radius 1 is 1.19 bits per heavy atom. The van der Waals surface area contributed by atoms with Crippen LogP contribution in [0.25, 0.3) is 0 Å². The molecule has 1 N–H and O–H groups in total. The van der Waals surface area contributed by atoms with Gasteiger partial charge in [0.1, 0.15) is 0 Å². The second kappa shape index (κ2) is 8.77. The first kappa shape index (κ1) is 19.9. The van der Waals surface area contributed by atoms with Crippen molar-refractivity contribution < 1.29 is 22.3 Å². The molecule has 0 aliphatic rings. The van der Waals surface area contributed by atoms with Gasteiger partial charge in [-0.25, -0.2) is 17.5 Å². The molecule has 0 aromatic heterocycles. The average Bonchev–Trinajstić information content (AvgIpc) is 2.62. The van der Waals surface area contributed by atoms with Crippen LogP contribution in [0.5, 0.6) is 5.75 Å². The summed E-state index contributed by atoms with van der Waals surface area (Å²) in [5.41, 5.74) is 0.615. The Labute approximate surface area is 152 Å². The molecule has 0 radical (unpaired) electrons. The van der Waals surface area contributed by atoms with Gasteiger partial charge in [0, 0.05) is 26.6 Å². The van der Waals surface area contributed by atoms with Crippen molar-refractivity contribution in [3.63, 3.8) is 0 Å². The van der Waals surface area contributed by atoms with Crippen LogP contribution < -0.4 is 9.46 Å². The molecule has 0 unspecified atom stereocenters. The van der Waals surface area contributed by atoms with Gasteiger partial charge in [0.05, 0.1) is 12.0 Å². The summed E-state index contributed by atoms with van der Waals surface area (Å²) in [6, 6.07) is 12.4. The van der Waals surface area contributed by atoms with Gasteiger partial charge < -0.3 is 9.64 Å². The molecular weight excluding hydrogens is 359 g/mol. The van der Waals surface area contributed by atoms with Gasteiger partial charge in [-0.2, -0.15) is 0 Å². The molecule has 0 heterocycles. The van der Waals surface area contributed by atoms with Crippen LogP contribution in [0.4, 0.5) is 4.39 Å². The van der Waals surface area contributed by atoms with Gasteiger partial charge >= 0.3 is 0 Å². The summed E-state index contributed by atoms with van der Waals surface area (Å²) in [5.74, 6) is -0.614. The lowest BCUT2D eigenvalue weighted by Crippen LogP contribution is -2.32. The van der Waals surface area contributed by atoms with Crippen LogP contribution in [0.3, 0.4) is 0 Å². The zero-order chi connectivity index (χ0) is 19.2. The van der Waals surface area contributed by atoms with Crippen molar-refractivity contribution in [3.8, 4) is 5.75 Å². The Bertz CT molecular complexity index is 857. The van der Waals surface area contributed by atoms with Gasteiger partial charge in [-0.05, 0) is 29.8 Å². The largest absolute Gasteiger partial charge is 0.494 e. The molecule has 0 aliphatic carbocycles. The van der Waals surface area contributed by atoms with E-state index in [1.807, 2.05) is 0 Å². The minimum absolute atomic E-state index is 0.00119. The van der Waals surface area contributed by atoms with Crippen molar-refractivity contribution in [2.24, 2.45) is 0 Å². The van der Waals surface area contributed by atoms with Gasteiger partial charge in [0.25, 0.3) is 0 Å². The molecule has 0 aliphatic heterocycles. The molecule has 0 saturated carbocycles. The minimum atomic E-state index is -3.64. The number of halogens is 1. The molecule has 0 saturated heterocycles. The molecule has 0 bridgehead atoms. The Morgan fingerprint density at radius 2 is 1.88 bits per heavy atom. The molecule has 2 rings (SSSR count).